The molecule has 0 aromatic carbocycles. The van der Waals surface area contributed by atoms with E-state index in [-0.39, 0.29) is 62.6 Å². The van der Waals surface area contributed by atoms with Gasteiger partial charge in [-0.2, -0.15) is 5.26 Å². The zero-order valence-electron chi connectivity index (χ0n) is 26.2. The molecule has 3 fully saturated rings. The van der Waals surface area contributed by atoms with Gasteiger partial charge < -0.3 is 10.2 Å². The number of nitrogens with zero attached hydrogens (tertiary/aromatic N) is 2. The van der Waals surface area contributed by atoms with Crippen LogP contribution in [0, 0.1) is 61.6 Å². The molecule has 0 bridgehead atoms. The van der Waals surface area contributed by atoms with Crippen LogP contribution in [0.2, 0.25) is 0 Å². The van der Waals surface area contributed by atoms with E-state index in [4.69, 9.17) is 0 Å². The Labute approximate surface area is 241 Å². The number of allylic oxidation sites excluding steroid dienone is 4. The van der Waals surface area contributed by atoms with Gasteiger partial charge in [0.15, 0.2) is 11.6 Å². The third-order valence-electron chi connectivity index (χ3n) is 13.2. The number of urea groups is 1. The summed E-state index contributed by atoms with van der Waals surface area (Å²) in [5.41, 5.74) is -0.180. The van der Waals surface area contributed by atoms with Gasteiger partial charge in [-0.05, 0) is 84.5 Å². The average molecular weight is 548 g/mol. The van der Waals surface area contributed by atoms with Crippen molar-refractivity contribution >= 4 is 17.6 Å². The fourth-order valence-corrected chi connectivity index (χ4v) is 10.8. The third-order valence-corrected chi connectivity index (χ3v) is 13.2. The predicted molar refractivity (Wildman–Crippen MR) is 156 cm³/mol. The molecule has 3 saturated carbocycles. The molecular formula is C34H49N3O3. The van der Waals surface area contributed by atoms with Gasteiger partial charge in [-0.3, -0.25) is 9.59 Å². The summed E-state index contributed by atoms with van der Waals surface area (Å²) in [5.74, 6) is 0.289. The van der Waals surface area contributed by atoms with Gasteiger partial charge in [0.05, 0.1) is 5.57 Å². The Morgan fingerprint density at radius 2 is 1.70 bits per heavy atom. The molecule has 0 unspecified atom stereocenters. The Morgan fingerprint density at radius 1 is 1.05 bits per heavy atom. The average Bonchev–Trinajstić information content (AvgIpc) is 2.87. The Kier molecular flexibility index (Phi) is 6.39. The standard InChI is InChI=1S/C34H49N3O3/c1-29(2)12-14-34(20-37(9)28(40)36-8)15-13-33(7)26(22(34)18-29)23(38)16-25-31(5)17-21(19-35)27(39)30(3,4)24(31)10-11-32(25,33)6/h16-17,22,24,26H,10-15,18,20H2,1-9H3,(H,36,40)/t22-,24-,26-,31-,32+,33+,34+/m0/s1. The molecule has 5 aliphatic carbocycles. The molecule has 218 valence electrons. The van der Waals surface area contributed by atoms with E-state index in [1.54, 1.807) is 7.05 Å². The molecule has 0 aliphatic heterocycles. The minimum absolute atomic E-state index is 0.0503. The first-order chi connectivity index (χ1) is 18.4. The molecule has 0 aromatic rings. The Morgan fingerprint density at radius 3 is 2.33 bits per heavy atom. The summed E-state index contributed by atoms with van der Waals surface area (Å²) in [6.45, 7) is 16.2. The Hall–Kier alpha value is -2.42. The van der Waals surface area contributed by atoms with Crippen LogP contribution in [0.15, 0.2) is 23.3 Å². The molecule has 6 heteroatoms. The van der Waals surface area contributed by atoms with Crippen molar-refractivity contribution < 1.29 is 14.4 Å². The molecule has 0 heterocycles. The van der Waals surface area contributed by atoms with Crippen LogP contribution in [0.1, 0.15) is 93.4 Å². The molecule has 0 radical (unpaired) electrons. The Bertz CT molecular complexity index is 1270. The van der Waals surface area contributed by atoms with Crippen molar-refractivity contribution in [2.75, 3.05) is 20.6 Å². The van der Waals surface area contributed by atoms with E-state index in [1.165, 1.54) is 0 Å². The number of carbonyl (C=O) groups is 3. The summed E-state index contributed by atoms with van der Waals surface area (Å²) in [7, 11) is 3.56. The maximum Gasteiger partial charge on any atom is 0.316 e. The fourth-order valence-electron chi connectivity index (χ4n) is 10.8. The largest absolute Gasteiger partial charge is 0.341 e. The molecule has 0 saturated heterocycles. The number of fused-ring (bicyclic) bond motifs is 7. The van der Waals surface area contributed by atoms with Crippen molar-refractivity contribution in [2.24, 2.45) is 50.2 Å². The second-order valence-electron chi connectivity index (χ2n) is 16.0. The number of rotatable bonds is 2. The van der Waals surface area contributed by atoms with Crippen LogP contribution in [-0.4, -0.2) is 43.1 Å². The van der Waals surface area contributed by atoms with Gasteiger partial charge in [0, 0.05) is 37.4 Å². The highest BCUT2D eigenvalue weighted by molar-refractivity contribution is 6.04. The maximum absolute atomic E-state index is 14.6. The molecular weight excluding hydrogens is 498 g/mol. The lowest BCUT2D eigenvalue weighted by molar-refractivity contribution is -0.172. The van der Waals surface area contributed by atoms with Gasteiger partial charge in [0.2, 0.25) is 0 Å². The van der Waals surface area contributed by atoms with Gasteiger partial charge in [-0.1, -0.05) is 60.1 Å². The zero-order chi connectivity index (χ0) is 29.7. The number of amides is 2. The van der Waals surface area contributed by atoms with E-state index in [0.717, 1.165) is 50.5 Å². The highest BCUT2D eigenvalue weighted by atomic mass is 16.2. The molecule has 0 aromatic heterocycles. The van der Waals surface area contributed by atoms with Crippen LogP contribution in [-0.2, 0) is 9.59 Å². The van der Waals surface area contributed by atoms with Crippen molar-refractivity contribution in [1.82, 2.24) is 10.2 Å². The van der Waals surface area contributed by atoms with E-state index in [9.17, 15) is 19.6 Å². The molecule has 40 heavy (non-hydrogen) atoms. The second kappa shape index (κ2) is 8.79. The predicted octanol–water partition coefficient (Wildman–Crippen LogP) is 6.48. The van der Waals surface area contributed by atoms with Crippen LogP contribution in [0.4, 0.5) is 4.79 Å². The summed E-state index contributed by atoms with van der Waals surface area (Å²) >= 11 is 0. The quantitative estimate of drug-likeness (QED) is 0.429. The van der Waals surface area contributed by atoms with Crippen LogP contribution in [0.3, 0.4) is 0 Å². The molecule has 1 N–H and O–H groups in total. The van der Waals surface area contributed by atoms with Gasteiger partial charge >= 0.3 is 6.03 Å². The van der Waals surface area contributed by atoms with Gasteiger partial charge in [-0.15, -0.1) is 0 Å². The van der Waals surface area contributed by atoms with E-state index in [1.807, 2.05) is 37.9 Å². The molecule has 5 aliphatic rings. The fraction of sp³-hybridized carbons (Fsp3) is 0.765. The number of nitrogens with one attached hydrogen (secondary N) is 1. The first-order valence-corrected chi connectivity index (χ1v) is 15.3. The lowest BCUT2D eigenvalue weighted by Crippen LogP contribution is -2.66. The number of ketones is 2. The van der Waals surface area contributed by atoms with Crippen molar-refractivity contribution in [3.63, 3.8) is 0 Å². The minimum Gasteiger partial charge on any atom is -0.341 e. The normalized spacial score (nSPS) is 43.0. The van der Waals surface area contributed by atoms with Crippen LogP contribution in [0.5, 0.6) is 0 Å². The zero-order valence-corrected chi connectivity index (χ0v) is 26.2. The lowest BCUT2D eigenvalue weighted by Gasteiger charge is -2.69. The van der Waals surface area contributed by atoms with E-state index in [2.05, 4.69) is 46.0 Å². The van der Waals surface area contributed by atoms with Crippen molar-refractivity contribution in [2.45, 2.75) is 93.4 Å². The minimum atomic E-state index is -0.656. The molecule has 0 spiro atoms. The first kappa shape index (κ1) is 29.1. The van der Waals surface area contributed by atoms with Crippen molar-refractivity contribution in [3.8, 4) is 6.07 Å². The topological polar surface area (TPSA) is 90.3 Å². The van der Waals surface area contributed by atoms with Gasteiger partial charge in [0.1, 0.15) is 6.07 Å². The number of hydrogen-bond donors (Lipinski definition) is 1. The van der Waals surface area contributed by atoms with Crippen LogP contribution >= 0.6 is 0 Å². The van der Waals surface area contributed by atoms with Gasteiger partial charge in [0.25, 0.3) is 0 Å². The number of Topliss-reactive ketones (excluding diaryl/α,β-unsaturated/α-hetero) is 1. The number of nitriles is 1. The number of carbonyl (C=O) groups excluding carboxylic acids is 3. The van der Waals surface area contributed by atoms with E-state index in [0.29, 0.717) is 6.54 Å². The monoisotopic (exact) mass is 547 g/mol. The summed E-state index contributed by atoms with van der Waals surface area (Å²) < 4.78 is 0. The maximum atomic E-state index is 14.6. The highest BCUT2D eigenvalue weighted by Crippen LogP contribution is 2.74. The molecule has 6 nitrogen and oxygen atoms in total. The van der Waals surface area contributed by atoms with Crippen LogP contribution < -0.4 is 5.32 Å². The van der Waals surface area contributed by atoms with Crippen molar-refractivity contribution in [1.29, 1.82) is 5.26 Å². The molecule has 5 rings (SSSR count). The second-order valence-corrected chi connectivity index (χ2v) is 16.0. The highest BCUT2D eigenvalue weighted by Gasteiger charge is 2.69. The lowest BCUT2D eigenvalue weighted by atomic mass is 9.34. The third kappa shape index (κ3) is 3.68. The van der Waals surface area contributed by atoms with Crippen molar-refractivity contribution in [3.05, 3.63) is 23.3 Å². The first-order valence-electron chi connectivity index (χ1n) is 15.3. The smallest absolute Gasteiger partial charge is 0.316 e. The summed E-state index contributed by atoms with van der Waals surface area (Å²) in [6, 6.07) is 2.13. The van der Waals surface area contributed by atoms with Crippen LogP contribution in [0.25, 0.3) is 0 Å². The molecule has 2 amide bonds. The van der Waals surface area contributed by atoms with E-state index >= 15 is 0 Å². The van der Waals surface area contributed by atoms with Gasteiger partial charge in [-0.25, -0.2) is 4.79 Å². The summed E-state index contributed by atoms with van der Waals surface area (Å²) in [6.07, 6.45) is 10.8. The van der Waals surface area contributed by atoms with E-state index < -0.39 is 10.8 Å². The summed E-state index contributed by atoms with van der Waals surface area (Å²) in [4.78, 5) is 42.3. The number of hydrogen-bond acceptors (Lipinski definition) is 4. The Balaban J connectivity index is 1.65. The SMILES string of the molecule is CNC(=O)N(C)C[C@]12CCC(C)(C)C[C@H]1[C@H]1C(=O)C=C3[C@@]4(C)C=C(C#N)C(=O)C(C)(C)[C@@H]4CC[C@@]3(C)[C@]1(C)CC2. The molecule has 7 atom stereocenters. The summed E-state index contributed by atoms with van der Waals surface area (Å²) in [5, 5.41) is 12.7.